The molecule has 0 saturated carbocycles. The van der Waals surface area contributed by atoms with Crippen LogP contribution in [0.5, 0.6) is 0 Å². The highest BCUT2D eigenvalue weighted by Gasteiger charge is 2.51. The van der Waals surface area contributed by atoms with Crippen LogP contribution in [0.15, 0.2) is 34.4 Å². The zero-order chi connectivity index (χ0) is 15.7. The Bertz CT molecular complexity index is 526. The first-order chi connectivity index (χ1) is 10.5. The molecule has 1 unspecified atom stereocenters. The maximum Gasteiger partial charge on any atom is 0.0977 e. The van der Waals surface area contributed by atoms with E-state index < -0.39 is 0 Å². The van der Waals surface area contributed by atoms with E-state index in [-0.39, 0.29) is 11.7 Å². The molecule has 1 saturated heterocycles. The molecular formula is C20H30O2. The number of rotatable bonds is 0. The first-order valence-electron chi connectivity index (χ1n) is 8.79. The fourth-order valence-electron chi connectivity index (χ4n) is 3.76. The van der Waals surface area contributed by atoms with Crippen molar-refractivity contribution in [2.75, 3.05) is 6.61 Å². The Labute approximate surface area is 135 Å². The van der Waals surface area contributed by atoms with E-state index in [0.717, 1.165) is 32.3 Å². The number of hydrogen-bond donors (Lipinski definition) is 0. The van der Waals surface area contributed by atoms with Crippen LogP contribution in [-0.2, 0) is 9.47 Å². The number of allylic oxidation sites excluding steroid dienone is 3. The van der Waals surface area contributed by atoms with Crippen molar-refractivity contribution in [3.63, 3.8) is 0 Å². The molecule has 122 valence electrons. The molecule has 1 fully saturated rings. The fourth-order valence-corrected chi connectivity index (χ4v) is 3.76. The van der Waals surface area contributed by atoms with Crippen molar-refractivity contribution in [3.8, 4) is 0 Å². The summed E-state index contributed by atoms with van der Waals surface area (Å²) < 4.78 is 12.0. The SMILES string of the molecule is CC1=C2CC[C@@]3(C)O[C@@H]3CC/C(C)=C/CC/C(C)=C/C2OC1. The third-order valence-corrected chi connectivity index (χ3v) is 5.57. The van der Waals surface area contributed by atoms with Crippen LogP contribution in [0, 0.1) is 0 Å². The van der Waals surface area contributed by atoms with E-state index in [2.05, 4.69) is 39.8 Å². The second kappa shape index (κ2) is 6.33. The van der Waals surface area contributed by atoms with Crippen molar-refractivity contribution in [3.05, 3.63) is 34.4 Å². The Morgan fingerprint density at radius 2 is 1.91 bits per heavy atom. The van der Waals surface area contributed by atoms with Crippen LogP contribution in [0.3, 0.4) is 0 Å². The van der Waals surface area contributed by atoms with Gasteiger partial charge in [0.2, 0.25) is 0 Å². The van der Waals surface area contributed by atoms with Crippen LogP contribution in [0.2, 0.25) is 0 Å². The van der Waals surface area contributed by atoms with Crippen molar-refractivity contribution in [1.29, 1.82) is 0 Å². The van der Waals surface area contributed by atoms with Gasteiger partial charge in [-0.1, -0.05) is 23.3 Å². The Balaban J connectivity index is 1.78. The topological polar surface area (TPSA) is 21.8 Å². The van der Waals surface area contributed by atoms with E-state index in [4.69, 9.17) is 9.47 Å². The molecule has 0 aromatic rings. The van der Waals surface area contributed by atoms with Gasteiger partial charge in [0.25, 0.3) is 0 Å². The second-order valence-electron chi connectivity index (χ2n) is 7.60. The number of fused-ring (bicyclic) bond motifs is 2. The van der Waals surface area contributed by atoms with Crippen molar-refractivity contribution < 1.29 is 9.47 Å². The largest absolute Gasteiger partial charge is 0.366 e. The molecule has 2 nitrogen and oxygen atoms in total. The Kier molecular flexibility index (Phi) is 4.61. The lowest BCUT2D eigenvalue weighted by atomic mass is 9.91. The van der Waals surface area contributed by atoms with E-state index in [1.807, 2.05) is 0 Å². The smallest absolute Gasteiger partial charge is 0.0977 e. The van der Waals surface area contributed by atoms with Crippen LogP contribution < -0.4 is 0 Å². The fraction of sp³-hybridized carbons (Fsp3) is 0.700. The number of ether oxygens (including phenoxy) is 2. The van der Waals surface area contributed by atoms with Gasteiger partial charge in [-0.15, -0.1) is 0 Å². The van der Waals surface area contributed by atoms with Crippen molar-refractivity contribution in [1.82, 2.24) is 0 Å². The summed E-state index contributed by atoms with van der Waals surface area (Å²) in [5, 5.41) is 0. The molecule has 0 N–H and O–H groups in total. The molecule has 0 spiro atoms. The molecule has 1 aliphatic carbocycles. The minimum Gasteiger partial charge on any atom is -0.366 e. The van der Waals surface area contributed by atoms with Gasteiger partial charge < -0.3 is 9.47 Å². The zero-order valence-electron chi connectivity index (χ0n) is 14.6. The predicted molar refractivity (Wildman–Crippen MR) is 90.9 cm³/mol. The van der Waals surface area contributed by atoms with Gasteiger partial charge in [0.05, 0.1) is 24.4 Å². The average molecular weight is 302 g/mol. The molecule has 0 amide bonds. The molecule has 0 aromatic carbocycles. The van der Waals surface area contributed by atoms with Crippen LogP contribution in [0.25, 0.3) is 0 Å². The summed E-state index contributed by atoms with van der Waals surface area (Å²) in [5.41, 5.74) is 5.99. The molecule has 3 rings (SSSR count). The normalized spacial score (nSPS) is 41.6. The number of hydrogen-bond acceptors (Lipinski definition) is 2. The van der Waals surface area contributed by atoms with Gasteiger partial charge in [-0.2, -0.15) is 0 Å². The molecule has 0 aromatic heterocycles. The Morgan fingerprint density at radius 3 is 2.73 bits per heavy atom. The molecule has 2 aliphatic heterocycles. The van der Waals surface area contributed by atoms with Gasteiger partial charge in [0, 0.05) is 0 Å². The quantitative estimate of drug-likeness (QED) is 0.458. The zero-order valence-corrected chi connectivity index (χ0v) is 14.6. The molecule has 0 radical (unpaired) electrons. The lowest BCUT2D eigenvalue weighted by Crippen LogP contribution is -2.14. The van der Waals surface area contributed by atoms with Gasteiger partial charge in [-0.25, -0.2) is 0 Å². The van der Waals surface area contributed by atoms with Crippen LogP contribution in [0.1, 0.15) is 66.2 Å². The average Bonchev–Trinajstić information content (AvgIpc) is 2.99. The lowest BCUT2D eigenvalue weighted by Gasteiger charge is -2.15. The molecular weight excluding hydrogens is 272 g/mol. The summed E-state index contributed by atoms with van der Waals surface area (Å²) >= 11 is 0. The summed E-state index contributed by atoms with van der Waals surface area (Å²) in [6.07, 6.45) is 12.3. The van der Waals surface area contributed by atoms with Gasteiger partial charge >= 0.3 is 0 Å². The molecule has 22 heavy (non-hydrogen) atoms. The maximum atomic E-state index is 6.03. The van der Waals surface area contributed by atoms with E-state index >= 15 is 0 Å². The van der Waals surface area contributed by atoms with E-state index in [1.54, 1.807) is 0 Å². The highest BCUT2D eigenvalue weighted by Crippen LogP contribution is 2.45. The van der Waals surface area contributed by atoms with E-state index in [1.165, 1.54) is 35.1 Å². The first-order valence-corrected chi connectivity index (χ1v) is 8.79. The summed E-state index contributed by atoms with van der Waals surface area (Å²) in [7, 11) is 0. The minimum atomic E-state index is 0.101. The van der Waals surface area contributed by atoms with Gasteiger partial charge in [-0.3, -0.25) is 0 Å². The molecule has 3 atom stereocenters. The summed E-state index contributed by atoms with van der Waals surface area (Å²) in [4.78, 5) is 0. The summed E-state index contributed by atoms with van der Waals surface area (Å²) in [6.45, 7) is 9.80. The third kappa shape index (κ3) is 3.55. The molecule has 3 aliphatic rings. The standard InChI is InChI=1S/C20H30O2/c1-14-6-5-7-15(2)12-18-17(16(3)13-21-18)10-11-20(4)19(22-20)9-8-14/h6,12,18-19H,5,7-11,13H2,1-4H3/b14-6+,15-12+/t18?,19-,20-/m1/s1. The molecule has 2 heterocycles. The lowest BCUT2D eigenvalue weighted by molar-refractivity contribution is 0.150. The highest BCUT2D eigenvalue weighted by molar-refractivity contribution is 5.28. The highest BCUT2D eigenvalue weighted by atomic mass is 16.6. The Hall–Kier alpha value is -0.860. The van der Waals surface area contributed by atoms with Gasteiger partial charge in [0.1, 0.15) is 0 Å². The minimum absolute atomic E-state index is 0.101. The van der Waals surface area contributed by atoms with Crippen LogP contribution >= 0.6 is 0 Å². The predicted octanol–water partition coefficient (Wildman–Crippen LogP) is 5.11. The van der Waals surface area contributed by atoms with Gasteiger partial charge in [-0.05, 0) is 77.4 Å². The second-order valence-corrected chi connectivity index (χ2v) is 7.60. The summed E-state index contributed by atoms with van der Waals surface area (Å²) in [5.74, 6) is 0. The molecule has 2 heteroatoms. The number of epoxide rings is 1. The van der Waals surface area contributed by atoms with Crippen LogP contribution in [-0.4, -0.2) is 24.4 Å². The summed E-state index contributed by atoms with van der Waals surface area (Å²) in [6, 6.07) is 0. The van der Waals surface area contributed by atoms with Crippen molar-refractivity contribution in [2.45, 2.75) is 84.0 Å². The monoisotopic (exact) mass is 302 g/mol. The third-order valence-electron chi connectivity index (χ3n) is 5.57. The van der Waals surface area contributed by atoms with Crippen molar-refractivity contribution >= 4 is 0 Å². The maximum absolute atomic E-state index is 6.03. The van der Waals surface area contributed by atoms with Crippen LogP contribution in [0.4, 0.5) is 0 Å². The van der Waals surface area contributed by atoms with Gasteiger partial charge in [0.15, 0.2) is 0 Å². The first kappa shape index (κ1) is 16.0. The Morgan fingerprint density at radius 1 is 1.09 bits per heavy atom. The van der Waals surface area contributed by atoms with E-state index in [0.29, 0.717) is 6.10 Å². The van der Waals surface area contributed by atoms with E-state index in [9.17, 15) is 0 Å². The van der Waals surface area contributed by atoms with Crippen molar-refractivity contribution in [2.24, 2.45) is 0 Å². The molecule has 0 bridgehead atoms.